The fraction of sp³-hybridized carbons (Fsp3) is 0.471. The second-order valence-electron chi connectivity index (χ2n) is 5.22. The topological polar surface area (TPSA) is 28.2 Å². The standard InChI is InChI=1S/C17H25N3S/c1-4-10-18-14(3)15-8-9-17(19-12-15)20(5-2)13-16-7-6-11-21-16/h6-9,11-12,14,18H,4-5,10,13H2,1-3H3. The molecule has 0 bridgehead atoms. The summed E-state index contributed by atoms with van der Waals surface area (Å²) in [5.74, 6) is 1.05. The van der Waals surface area contributed by atoms with Crippen LogP contribution in [0.2, 0.25) is 0 Å². The zero-order valence-electron chi connectivity index (χ0n) is 13.2. The minimum absolute atomic E-state index is 0.360. The van der Waals surface area contributed by atoms with E-state index in [1.165, 1.54) is 10.4 Å². The Kier molecular flexibility index (Phi) is 6.21. The maximum atomic E-state index is 4.65. The lowest BCUT2D eigenvalue weighted by Gasteiger charge is -2.22. The number of thiophene rings is 1. The highest BCUT2D eigenvalue weighted by Gasteiger charge is 2.09. The van der Waals surface area contributed by atoms with Gasteiger partial charge in [-0.3, -0.25) is 0 Å². The second kappa shape index (κ2) is 8.15. The Balaban J connectivity index is 2.02. The number of pyridine rings is 1. The molecule has 1 N–H and O–H groups in total. The molecule has 0 aliphatic carbocycles. The first-order valence-electron chi connectivity index (χ1n) is 7.71. The molecule has 2 aromatic rings. The lowest BCUT2D eigenvalue weighted by atomic mass is 10.1. The normalized spacial score (nSPS) is 12.3. The summed E-state index contributed by atoms with van der Waals surface area (Å²) in [7, 11) is 0. The molecule has 1 unspecified atom stereocenters. The van der Waals surface area contributed by atoms with Crippen LogP contribution < -0.4 is 10.2 Å². The fourth-order valence-electron chi connectivity index (χ4n) is 2.26. The molecule has 1 atom stereocenters. The first kappa shape index (κ1) is 16.0. The molecule has 0 saturated heterocycles. The predicted molar refractivity (Wildman–Crippen MR) is 92.0 cm³/mol. The Morgan fingerprint density at radius 3 is 2.71 bits per heavy atom. The van der Waals surface area contributed by atoms with Crippen LogP contribution in [0.4, 0.5) is 5.82 Å². The van der Waals surface area contributed by atoms with Crippen LogP contribution in [0.15, 0.2) is 35.8 Å². The van der Waals surface area contributed by atoms with Crippen molar-refractivity contribution < 1.29 is 0 Å². The van der Waals surface area contributed by atoms with Crippen LogP contribution in [0, 0.1) is 0 Å². The van der Waals surface area contributed by atoms with Crippen molar-refractivity contribution in [3.8, 4) is 0 Å². The molecule has 0 aliphatic heterocycles. The van der Waals surface area contributed by atoms with Crippen LogP contribution in [0.1, 0.15) is 43.7 Å². The Hall–Kier alpha value is -1.39. The van der Waals surface area contributed by atoms with Crippen molar-refractivity contribution in [2.45, 2.75) is 39.8 Å². The van der Waals surface area contributed by atoms with Gasteiger partial charge in [-0.25, -0.2) is 4.98 Å². The Labute approximate surface area is 132 Å². The van der Waals surface area contributed by atoms with Crippen LogP contribution in [-0.2, 0) is 6.54 Å². The number of rotatable bonds is 8. The highest BCUT2D eigenvalue weighted by Crippen LogP contribution is 2.19. The number of nitrogens with one attached hydrogen (secondary N) is 1. The smallest absolute Gasteiger partial charge is 0.128 e. The minimum Gasteiger partial charge on any atom is -0.352 e. The van der Waals surface area contributed by atoms with E-state index in [0.29, 0.717) is 6.04 Å². The molecule has 0 saturated carbocycles. The van der Waals surface area contributed by atoms with Gasteiger partial charge in [-0.15, -0.1) is 11.3 Å². The molecule has 0 spiro atoms. The van der Waals surface area contributed by atoms with Gasteiger partial charge < -0.3 is 10.2 Å². The van der Waals surface area contributed by atoms with E-state index in [1.54, 1.807) is 11.3 Å². The molecule has 114 valence electrons. The van der Waals surface area contributed by atoms with Gasteiger partial charge in [0, 0.05) is 23.7 Å². The summed E-state index contributed by atoms with van der Waals surface area (Å²) in [5, 5.41) is 5.62. The highest BCUT2D eigenvalue weighted by atomic mass is 32.1. The number of aromatic nitrogens is 1. The zero-order valence-corrected chi connectivity index (χ0v) is 14.0. The molecule has 2 aromatic heterocycles. The summed E-state index contributed by atoms with van der Waals surface area (Å²) < 4.78 is 0. The van der Waals surface area contributed by atoms with Crippen molar-refractivity contribution in [2.75, 3.05) is 18.0 Å². The molecule has 21 heavy (non-hydrogen) atoms. The summed E-state index contributed by atoms with van der Waals surface area (Å²) in [5.41, 5.74) is 1.25. The number of anilines is 1. The largest absolute Gasteiger partial charge is 0.352 e. The second-order valence-corrected chi connectivity index (χ2v) is 6.25. The van der Waals surface area contributed by atoms with Gasteiger partial charge in [0.25, 0.3) is 0 Å². The van der Waals surface area contributed by atoms with Crippen LogP contribution in [0.5, 0.6) is 0 Å². The van der Waals surface area contributed by atoms with Gasteiger partial charge in [-0.05, 0) is 49.9 Å². The molecular formula is C17H25N3S. The maximum absolute atomic E-state index is 4.65. The summed E-state index contributed by atoms with van der Waals surface area (Å²) >= 11 is 1.80. The third-order valence-electron chi connectivity index (χ3n) is 3.60. The van der Waals surface area contributed by atoms with E-state index in [4.69, 9.17) is 0 Å². The molecule has 0 aliphatic rings. The Bertz CT molecular complexity index is 507. The molecular weight excluding hydrogens is 278 g/mol. The number of nitrogens with zero attached hydrogens (tertiary/aromatic N) is 2. The summed E-state index contributed by atoms with van der Waals surface area (Å²) in [6.07, 6.45) is 3.15. The van der Waals surface area contributed by atoms with E-state index in [1.807, 2.05) is 6.20 Å². The molecule has 3 nitrogen and oxygen atoms in total. The van der Waals surface area contributed by atoms with Gasteiger partial charge >= 0.3 is 0 Å². The van der Waals surface area contributed by atoms with E-state index in [2.05, 4.69) is 65.6 Å². The average molecular weight is 303 g/mol. The van der Waals surface area contributed by atoms with Crippen LogP contribution in [-0.4, -0.2) is 18.1 Å². The molecule has 0 aromatic carbocycles. The van der Waals surface area contributed by atoms with E-state index in [9.17, 15) is 0 Å². The molecule has 2 rings (SSSR count). The Morgan fingerprint density at radius 1 is 1.29 bits per heavy atom. The van der Waals surface area contributed by atoms with Gasteiger partial charge in [0.15, 0.2) is 0 Å². The fourth-order valence-corrected chi connectivity index (χ4v) is 2.98. The van der Waals surface area contributed by atoms with Gasteiger partial charge in [0.2, 0.25) is 0 Å². The van der Waals surface area contributed by atoms with Gasteiger partial charge in [-0.2, -0.15) is 0 Å². The molecule has 2 heterocycles. The van der Waals surface area contributed by atoms with Crippen molar-refractivity contribution >= 4 is 17.2 Å². The minimum atomic E-state index is 0.360. The van der Waals surface area contributed by atoms with Crippen molar-refractivity contribution in [1.82, 2.24) is 10.3 Å². The summed E-state index contributed by atoms with van der Waals surface area (Å²) in [6.45, 7) is 9.50. The number of hydrogen-bond acceptors (Lipinski definition) is 4. The van der Waals surface area contributed by atoms with Gasteiger partial charge in [-0.1, -0.05) is 19.1 Å². The van der Waals surface area contributed by atoms with Crippen molar-refractivity contribution in [1.29, 1.82) is 0 Å². The molecule has 0 radical (unpaired) electrons. The third kappa shape index (κ3) is 4.55. The van der Waals surface area contributed by atoms with E-state index >= 15 is 0 Å². The van der Waals surface area contributed by atoms with Crippen LogP contribution >= 0.6 is 11.3 Å². The molecule has 0 fully saturated rings. The van der Waals surface area contributed by atoms with Gasteiger partial charge in [0.1, 0.15) is 5.82 Å². The highest BCUT2D eigenvalue weighted by molar-refractivity contribution is 7.09. The van der Waals surface area contributed by atoms with Crippen LogP contribution in [0.25, 0.3) is 0 Å². The average Bonchev–Trinajstić information content (AvgIpc) is 3.03. The Morgan fingerprint density at radius 2 is 2.14 bits per heavy atom. The first-order chi connectivity index (χ1) is 10.2. The quantitative estimate of drug-likeness (QED) is 0.791. The summed E-state index contributed by atoms with van der Waals surface area (Å²) in [6, 6.07) is 8.96. The SMILES string of the molecule is CCCNC(C)c1ccc(N(CC)Cc2cccs2)nc1. The van der Waals surface area contributed by atoms with E-state index in [-0.39, 0.29) is 0 Å². The number of hydrogen-bond donors (Lipinski definition) is 1. The molecule has 0 amide bonds. The lowest BCUT2D eigenvalue weighted by Crippen LogP contribution is -2.23. The van der Waals surface area contributed by atoms with Crippen molar-refractivity contribution in [2.24, 2.45) is 0 Å². The monoisotopic (exact) mass is 303 g/mol. The van der Waals surface area contributed by atoms with E-state index in [0.717, 1.165) is 31.9 Å². The van der Waals surface area contributed by atoms with Crippen LogP contribution in [0.3, 0.4) is 0 Å². The maximum Gasteiger partial charge on any atom is 0.128 e. The first-order valence-corrected chi connectivity index (χ1v) is 8.59. The van der Waals surface area contributed by atoms with E-state index < -0.39 is 0 Å². The lowest BCUT2D eigenvalue weighted by molar-refractivity contribution is 0.569. The van der Waals surface area contributed by atoms with Gasteiger partial charge in [0.05, 0.1) is 6.54 Å². The van der Waals surface area contributed by atoms with Crippen molar-refractivity contribution in [3.63, 3.8) is 0 Å². The zero-order chi connectivity index (χ0) is 15.1. The molecule has 4 heteroatoms. The van der Waals surface area contributed by atoms with Crippen molar-refractivity contribution in [3.05, 3.63) is 46.3 Å². The predicted octanol–water partition coefficient (Wildman–Crippen LogP) is 4.23. The third-order valence-corrected chi connectivity index (χ3v) is 4.46. The summed E-state index contributed by atoms with van der Waals surface area (Å²) in [4.78, 5) is 8.33.